The number of aromatic amines is 2. The van der Waals surface area contributed by atoms with E-state index in [1.807, 2.05) is 36.1 Å². The molecule has 0 spiro atoms. The van der Waals surface area contributed by atoms with Gasteiger partial charge in [0.05, 0.1) is 17.6 Å². The minimum atomic E-state index is -0.160. The summed E-state index contributed by atoms with van der Waals surface area (Å²) in [6.07, 6.45) is 1.97. The number of aromatic nitrogens is 5. The minimum absolute atomic E-state index is 0.104. The lowest BCUT2D eigenvalue weighted by atomic mass is 9.95. The van der Waals surface area contributed by atoms with Gasteiger partial charge in [0.25, 0.3) is 0 Å². The van der Waals surface area contributed by atoms with Gasteiger partial charge in [0.15, 0.2) is 0 Å². The Bertz CT molecular complexity index is 977. The molecule has 8 nitrogen and oxygen atoms in total. The molecule has 2 aromatic heterocycles. The van der Waals surface area contributed by atoms with Crippen LogP contribution in [-0.4, -0.2) is 48.9 Å². The zero-order valence-electron chi connectivity index (χ0n) is 14.7. The Kier molecular flexibility index (Phi) is 4.32. The number of benzene rings is 1. The highest BCUT2D eigenvalue weighted by Gasteiger charge is 2.27. The van der Waals surface area contributed by atoms with Crippen LogP contribution in [0.4, 0.5) is 0 Å². The van der Waals surface area contributed by atoms with Crippen LogP contribution < -0.4 is 5.69 Å². The summed E-state index contributed by atoms with van der Waals surface area (Å²) in [5, 5.41) is 15.0. The summed E-state index contributed by atoms with van der Waals surface area (Å²) in [4.78, 5) is 26.3. The van der Waals surface area contributed by atoms with Crippen LogP contribution in [0.2, 0.25) is 0 Å². The highest BCUT2D eigenvalue weighted by Crippen LogP contribution is 2.26. The maximum absolute atomic E-state index is 12.7. The predicted octanol–water partition coefficient (Wildman–Crippen LogP) is 1.42. The standard InChI is InChI=1S/C18H22N6O2/c1-2-24-17(21-22-18(24)26)12-7-9-23(10-8-12)16(25)11-15-13-5-3-4-6-14(13)19-20-15/h3-6,12H,2,7-11H2,1H3,(H,19,20)(H,22,26). The van der Waals surface area contributed by atoms with Crippen LogP contribution in [0.15, 0.2) is 29.1 Å². The van der Waals surface area contributed by atoms with Crippen LogP contribution in [-0.2, 0) is 17.8 Å². The molecule has 8 heteroatoms. The van der Waals surface area contributed by atoms with E-state index in [1.54, 1.807) is 4.57 Å². The third kappa shape index (κ3) is 2.91. The van der Waals surface area contributed by atoms with E-state index in [-0.39, 0.29) is 17.5 Å². The molecule has 0 aliphatic carbocycles. The maximum Gasteiger partial charge on any atom is 0.343 e. The zero-order valence-corrected chi connectivity index (χ0v) is 14.7. The van der Waals surface area contributed by atoms with Crippen LogP contribution in [0.3, 0.4) is 0 Å². The van der Waals surface area contributed by atoms with Gasteiger partial charge in [0.2, 0.25) is 5.91 Å². The molecule has 3 aromatic rings. The Balaban J connectivity index is 1.41. The average Bonchev–Trinajstić information content (AvgIpc) is 3.25. The number of hydrogen-bond donors (Lipinski definition) is 2. The number of nitrogens with zero attached hydrogens (tertiary/aromatic N) is 4. The van der Waals surface area contributed by atoms with Crippen molar-refractivity contribution in [3.05, 3.63) is 46.3 Å². The Labute approximate surface area is 150 Å². The summed E-state index contributed by atoms with van der Waals surface area (Å²) in [6, 6.07) is 7.80. The molecule has 3 heterocycles. The summed E-state index contributed by atoms with van der Waals surface area (Å²) in [7, 11) is 0. The normalized spacial score (nSPS) is 15.7. The number of hydrogen-bond acceptors (Lipinski definition) is 4. The second-order valence-corrected chi connectivity index (χ2v) is 6.68. The number of likely N-dealkylation sites (tertiary alicyclic amines) is 1. The molecule has 1 fully saturated rings. The first-order valence-electron chi connectivity index (χ1n) is 9.02. The lowest BCUT2D eigenvalue weighted by Crippen LogP contribution is -2.39. The monoisotopic (exact) mass is 354 g/mol. The number of para-hydroxylation sites is 1. The quantitative estimate of drug-likeness (QED) is 0.740. The van der Waals surface area contributed by atoms with Crippen molar-refractivity contribution in [1.29, 1.82) is 0 Å². The van der Waals surface area contributed by atoms with E-state index < -0.39 is 0 Å². The number of nitrogens with one attached hydrogen (secondary N) is 2. The van der Waals surface area contributed by atoms with Gasteiger partial charge in [-0.3, -0.25) is 14.5 Å². The van der Waals surface area contributed by atoms with E-state index >= 15 is 0 Å². The largest absolute Gasteiger partial charge is 0.343 e. The van der Waals surface area contributed by atoms with E-state index in [2.05, 4.69) is 20.4 Å². The predicted molar refractivity (Wildman–Crippen MR) is 96.9 cm³/mol. The van der Waals surface area contributed by atoms with Crippen LogP contribution in [0.1, 0.15) is 37.2 Å². The third-order valence-corrected chi connectivity index (χ3v) is 5.19. The van der Waals surface area contributed by atoms with Crippen molar-refractivity contribution in [2.45, 2.75) is 38.6 Å². The zero-order chi connectivity index (χ0) is 18.1. The molecule has 0 radical (unpaired) electrons. The molecule has 1 aliphatic rings. The van der Waals surface area contributed by atoms with Gasteiger partial charge >= 0.3 is 5.69 Å². The molecule has 1 aliphatic heterocycles. The summed E-state index contributed by atoms with van der Waals surface area (Å²) in [5.41, 5.74) is 1.58. The second kappa shape index (κ2) is 6.78. The fraction of sp³-hybridized carbons (Fsp3) is 0.444. The van der Waals surface area contributed by atoms with Crippen molar-refractivity contribution >= 4 is 16.8 Å². The Morgan fingerprint density at radius 2 is 1.96 bits per heavy atom. The Morgan fingerprint density at radius 1 is 1.19 bits per heavy atom. The number of fused-ring (bicyclic) bond motifs is 1. The van der Waals surface area contributed by atoms with Gasteiger partial charge < -0.3 is 4.90 Å². The van der Waals surface area contributed by atoms with Crippen LogP contribution >= 0.6 is 0 Å². The molecule has 0 atom stereocenters. The highest BCUT2D eigenvalue weighted by molar-refractivity contribution is 5.87. The minimum Gasteiger partial charge on any atom is -0.342 e. The molecule has 0 saturated carbocycles. The van der Waals surface area contributed by atoms with Gasteiger partial charge in [-0.1, -0.05) is 18.2 Å². The summed E-state index contributed by atoms with van der Waals surface area (Å²) >= 11 is 0. The van der Waals surface area contributed by atoms with Gasteiger partial charge in [-0.25, -0.2) is 9.89 Å². The molecular formula is C18H22N6O2. The maximum atomic E-state index is 12.7. The van der Waals surface area contributed by atoms with Crippen LogP contribution in [0.25, 0.3) is 10.9 Å². The fourth-order valence-corrected chi connectivity index (χ4v) is 3.75. The van der Waals surface area contributed by atoms with Crippen LogP contribution in [0.5, 0.6) is 0 Å². The number of amides is 1. The molecule has 2 N–H and O–H groups in total. The first-order valence-corrected chi connectivity index (χ1v) is 9.02. The first kappa shape index (κ1) is 16.6. The van der Waals surface area contributed by atoms with Crippen molar-refractivity contribution in [1.82, 2.24) is 29.9 Å². The number of carbonyl (C=O) groups excluding carboxylic acids is 1. The molecule has 136 valence electrons. The van der Waals surface area contributed by atoms with Gasteiger partial charge in [-0.2, -0.15) is 10.2 Å². The van der Waals surface area contributed by atoms with Gasteiger partial charge in [0, 0.05) is 30.9 Å². The molecular weight excluding hydrogens is 332 g/mol. The molecule has 1 saturated heterocycles. The van der Waals surface area contributed by atoms with Crippen molar-refractivity contribution in [2.24, 2.45) is 0 Å². The number of piperidine rings is 1. The van der Waals surface area contributed by atoms with E-state index in [1.165, 1.54) is 0 Å². The number of carbonyl (C=O) groups is 1. The smallest absolute Gasteiger partial charge is 0.342 e. The van der Waals surface area contributed by atoms with Gasteiger partial charge in [-0.15, -0.1) is 0 Å². The molecule has 26 heavy (non-hydrogen) atoms. The Morgan fingerprint density at radius 3 is 2.73 bits per heavy atom. The van der Waals surface area contributed by atoms with E-state index in [0.29, 0.717) is 26.1 Å². The highest BCUT2D eigenvalue weighted by atomic mass is 16.2. The summed E-state index contributed by atoms with van der Waals surface area (Å²) in [5.74, 6) is 1.13. The third-order valence-electron chi connectivity index (χ3n) is 5.19. The first-order chi connectivity index (χ1) is 12.7. The molecule has 4 rings (SSSR count). The molecule has 0 bridgehead atoms. The van der Waals surface area contributed by atoms with E-state index in [4.69, 9.17) is 0 Å². The van der Waals surface area contributed by atoms with Gasteiger partial charge in [-0.05, 0) is 25.8 Å². The molecule has 1 amide bonds. The van der Waals surface area contributed by atoms with E-state index in [0.717, 1.165) is 35.3 Å². The Hall–Kier alpha value is -2.90. The van der Waals surface area contributed by atoms with Crippen molar-refractivity contribution in [2.75, 3.05) is 13.1 Å². The number of rotatable bonds is 4. The van der Waals surface area contributed by atoms with Crippen LogP contribution in [0, 0.1) is 0 Å². The average molecular weight is 354 g/mol. The number of H-pyrrole nitrogens is 2. The summed E-state index contributed by atoms with van der Waals surface area (Å²) in [6.45, 7) is 3.91. The van der Waals surface area contributed by atoms with Crippen molar-refractivity contribution in [3.8, 4) is 0 Å². The lowest BCUT2D eigenvalue weighted by molar-refractivity contribution is -0.131. The molecule has 1 aromatic carbocycles. The lowest BCUT2D eigenvalue weighted by Gasteiger charge is -2.31. The SMILES string of the molecule is CCn1c(C2CCN(C(=O)Cc3[nH]nc4ccccc34)CC2)n[nH]c1=O. The van der Waals surface area contributed by atoms with Crippen molar-refractivity contribution < 1.29 is 4.79 Å². The van der Waals surface area contributed by atoms with Gasteiger partial charge in [0.1, 0.15) is 5.82 Å². The summed E-state index contributed by atoms with van der Waals surface area (Å²) < 4.78 is 1.68. The topological polar surface area (TPSA) is 99.7 Å². The van der Waals surface area contributed by atoms with E-state index in [9.17, 15) is 9.59 Å². The fourth-order valence-electron chi connectivity index (χ4n) is 3.75. The second-order valence-electron chi connectivity index (χ2n) is 6.68. The van der Waals surface area contributed by atoms with Crippen molar-refractivity contribution in [3.63, 3.8) is 0 Å². The molecule has 0 unspecified atom stereocenters.